The summed E-state index contributed by atoms with van der Waals surface area (Å²) in [7, 11) is 1.50. The standard InChI is InChI=1S/C22H21AsN5O3/c1-25-22(30)19-21(24)27-12-17(28-19)14-3-2-4-15(10-14)20(29)23-11-13-5-6-18-16(9-13)26-7-8-31-18/h2-6,9-10,12,26H,7-8,11H2,1H3,(H2,24,27)(H,25,30). The second-order valence-electron chi connectivity index (χ2n) is 6.88. The van der Waals surface area contributed by atoms with Crippen molar-refractivity contribution in [3.05, 3.63) is 65.5 Å². The molecule has 0 saturated carbocycles. The van der Waals surface area contributed by atoms with E-state index in [2.05, 4.69) is 26.7 Å². The van der Waals surface area contributed by atoms with Crippen LogP contribution in [-0.2, 0) is 5.21 Å². The molecule has 1 aromatic heterocycles. The number of carbonyl (C=O) groups is 2. The zero-order valence-electron chi connectivity index (χ0n) is 16.9. The third kappa shape index (κ3) is 4.69. The molecular formula is C22H21AsN5O3. The minimum absolute atomic E-state index is 0.0604. The molecule has 0 unspecified atom stereocenters. The van der Waals surface area contributed by atoms with Crippen LogP contribution in [0.4, 0.5) is 11.5 Å². The summed E-state index contributed by atoms with van der Waals surface area (Å²) in [6.45, 7) is 1.45. The van der Waals surface area contributed by atoms with E-state index in [-0.39, 0.29) is 16.1 Å². The summed E-state index contributed by atoms with van der Waals surface area (Å²) in [6.07, 6.45) is 1.50. The molecule has 3 aromatic rings. The Bertz CT molecular complexity index is 1150. The van der Waals surface area contributed by atoms with Gasteiger partial charge in [-0.1, -0.05) is 0 Å². The fourth-order valence-corrected chi connectivity index (χ4v) is 4.95. The van der Waals surface area contributed by atoms with Crippen molar-refractivity contribution in [2.75, 3.05) is 31.2 Å². The van der Waals surface area contributed by atoms with Gasteiger partial charge in [-0.3, -0.25) is 0 Å². The van der Waals surface area contributed by atoms with Crippen LogP contribution in [0.2, 0.25) is 0 Å². The summed E-state index contributed by atoms with van der Waals surface area (Å²) in [5.41, 5.74) is 9.73. The number of amides is 1. The van der Waals surface area contributed by atoms with E-state index in [1.165, 1.54) is 13.2 Å². The van der Waals surface area contributed by atoms with Gasteiger partial charge in [0.25, 0.3) is 0 Å². The number of hydrogen-bond acceptors (Lipinski definition) is 7. The molecule has 0 fully saturated rings. The first-order valence-electron chi connectivity index (χ1n) is 9.71. The maximum absolute atomic E-state index is 12.8. The molecule has 31 heavy (non-hydrogen) atoms. The second kappa shape index (κ2) is 9.18. The summed E-state index contributed by atoms with van der Waals surface area (Å²) in [5, 5.41) is 6.54. The number of fused-ring (bicyclic) bond motifs is 1. The second-order valence-corrected chi connectivity index (χ2v) is 9.06. The predicted octanol–water partition coefficient (Wildman–Crippen LogP) is 1.93. The number of hydrogen-bond donors (Lipinski definition) is 3. The number of rotatable bonds is 6. The normalized spacial score (nSPS) is 12.7. The van der Waals surface area contributed by atoms with Gasteiger partial charge >= 0.3 is 186 Å². The van der Waals surface area contributed by atoms with Crippen molar-refractivity contribution >= 4 is 37.7 Å². The van der Waals surface area contributed by atoms with Gasteiger partial charge in [-0.15, -0.1) is 0 Å². The first-order chi connectivity index (χ1) is 15.0. The molecule has 1 amide bonds. The van der Waals surface area contributed by atoms with E-state index in [9.17, 15) is 9.59 Å². The Hall–Kier alpha value is -3.38. The topological polar surface area (TPSA) is 119 Å². The van der Waals surface area contributed by atoms with Crippen LogP contribution >= 0.6 is 0 Å². The van der Waals surface area contributed by atoms with Crippen LogP contribution < -0.4 is 21.1 Å². The summed E-state index contributed by atoms with van der Waals surface area (Å²) in [4.78, 5) is 33.2. The first kappa shape index (κ1) is 20.9. The van der Waals surface area contributed by atoms with E-state index in [4.69, 9.17) is 10.5 Å². The van der Waals surface area contributed by atoms with Crippen LogP contribution in [0.15, 0.2) is 48.7 Å². The number of nitrogens with one attached hydrogen (secondary N) is 2. The molecular weight excluding hydrogens is 457 g/mol. The molecule has 0 aliphatic carbocycles. The molecule has 0 bridgehead atoms. The van der Waals surface area contributed by atoms with Crippen molar-refractivity contribution in [1.82, 2.24) is 15.3 Å². The minimum atomic E-state index is -0.580. The molecule has 4 N–H and O–H groups in total. The Morgan fingerprint density at radius 1 is 1.26 bits per heavy atom. The third-order valence-electron chi connectivity index (χ3n) is 4.77. The Morgan fingerprint density at radius 2 is 2.13 bits per heavy atom. The zero-order valence-corrected chi connectivity index (χ0v) is 18.8. The molecule has 1 aliphatic rings. The number of carbonyl (C=O) groups excluding carboxylic acids is 2. The SMILES string of the molecule is CNC(=O)c1nc(-c2cccc(C(=O)[As]Cc3ccc4c(c3)NCCO4)c2)cnc1N. The number of nitrogens with two attached hydrogens (primary N) is 1. The van der Waals surface area contributed by atoms with Crippen LogP contribution in [0.3, 0.4) is 0 Å². The van der Waals surface area contributed by atoms with Crippen LogP contribution in [-0.4, -0.2) is 56.4 Å². The van der Waals surface area contributed by atoms with E-state index >= 15 is 0 Å². The van der Waals surface area contributed by atoms with Gasteiger partial charge in [0.15, 0.2) is 0 Å². The van der Waals surface area contributed by atoms with E-state index in [0.29, 0.717) is 23.4 Å². The van der Waals surface area contributed by atoms with Gasteiger partial charge < -0.3 is 0 Å². The number of nitrogens with zero attached hydrogens (tertiary/aromatic N) is 2. The predicted molar refractivity (Wildman–Crippen MR) is 119 cm³/mol. The quantitative estimate of drug-likeness (QED) is 0.464. The molecule has 4 rings (SSSR count). The molecule has 0 saturated heterocycles. The third-order valence-corrected chi connectivity index (χ3v) is 7.01. The van der Waals surface area contributed by atoms with Crippen LogP contribution in [0.25, 0.3) is 11.3 Å². The van der Waals surface area contributed by atoms with E-state index in [1.54, 1.807) is 18.2 Å². The van der Waals surface area contributed by atoms with Crippen molar-refractivity contribution < 1.29 is 14.3 Å². The Labute approximate surface area is 186 Å². The molecule has 0 atom stereocenters. The molecule has 2 heterocycles. The number of ether oxygens (including phenoxy) is 1. The fourth-order valence-electron chi connectivity index (χ4n) is 3.18. The van der Waals surface area contributed by atoms with Crippen molar-refractivity contribution in [1.29, 1.82) is 0 Å². The fraction of sp³-hybridized carbons (Fsp3) is 0.182. The summed E-state index contributed by atoms with van der Waals surface area (Å²) in [5.74, 6) is 0.505. The molecule has 157 valence electrons. The molecule has 8 nitrogen and oxygen atoms in total. The summed E-state index contributed by atoms with van der Waals surface area (Å²) >= 11 is -0.580. The molecule has 9 heteroatoms. The molecule has 2 aromatic carbocycles. The molecule has 1 radical (unpaired) electrons. The average molecular weight is 478 g/mol. The van der Waals surface area contributed by atoms with Crippen molar-refractivity contribution in [2.45, 2.75) is 5.21 Å². The van der Waals surface area contributed by atoms with Gasteiger partial charge in [-0.2, -0.15) is 0 Å². The van der Waals surface area contributed by atoms with Crippen molar-refractivity contribution in [2.24, 2.45) is 0 Å². The van der Waals surface area contributed by atoms with Crippen molar-refractivity contribution in [3.63, 3.8) is 0 Å². The van der Waals surface area contributed by atoms with E-state index in [0.717, 1.165) is 28.8 Å². The Balaban J connectivity index is 1.49. The van der Waals surface area contributed by atoms with Crippen LogP contribution in [0.5, 0.6) is 5.75 Å². The summed E-state index contributed by atoms with van der Waals surface area (Å²) < 4.78 is 5.72. The zero-order chi connectivity index (χ0) is 21.8. The van der Waals surface area contributed by atoms with Crippen LogP contribution in [0.1, 0.15) is 26.4 Å². The molecule has 1 aliphatic heterocycles. The first-order valence-corrected chi connectivity index (χ1v) is 12.0. The monoisotopic (exact) mass is 478 g/mol. The van der Waals surface area contributed by atoms with Gasteiger partial charge in [-0.25, -0.2) is 0 Å². The number of benzene rings is 2. The van der Waals surface area contributed by atoms with E-state index in [1.807, 2.05) is 18.2 Å². The number of anilines is 2. The van der Waals surface area contributed by atoms with Gasteiger partial charge in [0.05, 0.1) is 0 Å². The van der Waals surface area contributed by atoms with Crippen LogP contribution in [0, 0.1) is 0 Å². The van der Waals surface area contributed by atoms with Gasteiger partial charge in [0, 0.05) is 0 Å². The molecule has 0 spiro atoms. The number of aromatic nitrogens is 2. The van der Waals surface area contributed by atoms with Crippen molar-refractivity contribution in [3.8, 4) is 17.0 Å². The van der Waals surface area contributed by atoms with Gasteiger partial charge in [0.2, 0.25) is 0 Å². The Morgan fingerprint density at radius 3 is 2.97 bits per heavy atom. The van der Waals surface area contributed by atoms with E-state index < -0.39 is 21.7 Å². The summed E-state index contributed by atoms with van der Waals surface area (Å²) in [6, 6.07) is 13.2. The van der Waals surface area contributed by atoms with Gasteiger partial charge in [-0.05, 0) is 0 Å². The average Bonchev–Trinajstić information content (AvgIpc) is 2.82. The Kier molecular flexibility index (Phi) is 6.18. The number of nitrogen functional groups attached to an aromatic ring is 1. The maximum atomic E-state index is 12.8. The van der Waals surface area contributed by atoms with Gasteiger partial charge in [0.1, 0.15) is 0 Å².